The summed E-state index contributed by atoms with van der Waals surface area (Å²) in [7, 11) is 0. The molecule has 4 nitrogen and oxygen atoms in total. The zero-order chi connectivity index (χ0) is 3.58. The Morgan fingerprint density at radius 2 is 1.25 bits per heavy atom. The number of carboxylic acid groups (broad SMARTS) is 2. The summed E-state index contributed by atoms with van der Waals surface area (Å²) in [6.07, 6.45) is -2.33. The van der Waals surface area contributed by atoms with E-state index >= 15 is 0 Å². The Balaban J connectivity index is -0.00000000750. The van der Waals surface area contributed by atoms with E-state index in [0.717, 1.165) is 0 Å². The Labute approximate surface area is 92.0 Å². The molecule has 8 heavy (non-hydrogen) atoms. The van der Waals surface area contributed by atoms with E-state index in [2.05, 4.69) is 0 Å². The van der Waals surface area contributed by atoms with Crippen molar-refractivity contribution < 1.29 is 20.5 Å². The minimum atomic E-state index is -2.33. The van der Waals surface area contributed by atoms with Crippen LogP contribution in [0.5, 0.6) is 0 Å². The molecule has 0 aliphatic carbocycles. The molecule has 0 atom stereocenters. The van der Waals surface area contributed by atoms with Crippen LogP contribution in [0.25, 0.3) is 0 Å². The fraction of sp³-hybridized carbons (Fsp3) is 0. The van der Waals surface area contributed by atoms with Crippen LogP contribution in [-0.4, -0.2) is 77.9 Å². The van der Waals surface area contributed by atoms with E-state index < -0.39 is 6.16 Å². The Kier molecular flexibility index (Phi) is 102. The van der Waals surface area contributed by atoms with Gasteiger partial charge in [0, 0.05) is 17.4 Å². The van der Waals surface area contributed by atoms with Crippen LogP contribution in [0.3, 0.4) is 0 Å². The summed E-state index contributed by atoms with van der Waals surface area (Å²) in [6.45, 7) is 0. The van der Waals surface area contributed by atoms with Gasteiger partial charge in [0.2, 0.25) is 0 Å². The van der Waals surface area contributed by atoms with E-state index in [1.54, 1.807) is 0 Å². The molecular weight excluding hydrogens is 242 g/mol. The van der Waals surface area contributed by atoms with Crippen molar-refractivity contribution >= 4 is 72.4 Å². The van der Waals surface area contributed by atoms with Gasteiger partial charge in [-0.05, 0) is 6.16 Å². The van der Waals surface area contributed by atoms with Crippen LogP contribution in [0.1, 0.15) is 0 Å². The molecule has 0 aromatic carbocycles. The second-order valence-electron chi connectivity index (χ2n) is 0.250. The fourth-order valence-corrected chi connectivity index (χ4v) is 0. The van der Waals surface area contributed by atoms with Crippen molar-refractivity contribution in [2.75, 3.05) is 0 Å². The molecule has 0 amide bonds. The number of hydrogen-bond donors (Lipinski definition) is 0. The zero-order valence-electron chi connectivity index (χ0n) is 4.03. The van der Waals surface area contributed by atoms with Crippen molar-refractivity contribution in [2.45, 2.75) is 0 Å². The van der Waals surface area contributed by atoms with Crippen molar-refractivity contribution in [3.8, 4) is 0 Å². The minimum Gasteiger partial charge on any atom is -0.870 e. The largest absolute Gasteiger partial charge is 3.00 e. The van der Waals surface area contributed by atoms with Crippen LogP contribution < -0.4 is 10.2 Å². The molecule has 35 valence electrons. The maximum absolute atomic E-state index is 8.33. The Morgan fingerprint density at radius 3 is 1.25 bits per heavy atom. The Morgan fingerprint density at radius 1 is 1.25 bits per heavy atom. The molecule has 0 unspecified atom stereocenters. The standard InChI is InChI=1S/CH2O3.Al.In.Mg.H2O/c2-1(3)4;;;;/h(H2,2,3,4);;;;1H2/q;;+3;+2;/p-3. The molecule has 3 radical (unpaired) electrons. The first-order valence-electron chi connectivity index (χ1n) is 0.612. The van der Waals surface area contributed by atoms with Crippen LogP contribution in [0.4, 0.5) is 4.79 Å². The topological polar surface area (TPSA) is 93.2 Å². The van der Waals surface area contributed by atoms with Gasteiger partial charge in [-0.25, -0.2) is 0 Å². The zero-order valence-corrected chi connectivity index (χ0v) is 9.90. The molecule has 0 saturated heterocycles. The molecule has 7 heteroatoms. The fourth-order valence-electron chi connectivity index (χ4n) is 0. The second-order valence-corrected chi connectivity index (χ2v) is 0.250. The number of carbonyl (C=O) groups is 1. The molecule has 0 heterocycles. The molecule has 0 aromatic heterocycles. The van der Waals surface area contributed by atoms with E-state index in [1.165, 1.54) is 0 Å². The van der Waals surface area contributed by atoms with Gasteiger partial charge >= 0.3 is 48.9 Å². The summed E-state index contributed by atoms with van der Waals surface area (Å²) in [5.74, 6) is 0. The van der Waals surface area contributed by atoms with Crippen LogP contribution in [0.2, 0.25) is 0 Å². The summed E-state index contributed by atoms with van der Waals surface area (Å²) in [6, 6.07) is 0. The molecule has 0 spiro atoms. The van der Waals surface area contributed by atoms with E-state index in [4.69, 9.17) is 15.0 Å². The van der Waals surface area contributed by atoms with Crippen LogP contribution in [0.15, 0.2) is 0 Å². The van der Waals surface area contributed by atoms with Crippen molar-refractivity contribution in [1.82, 2.24) is 0 Å². The molecule has 1 N–H and O–H groups in total. The van der Waals surface area contributed by atoms with E-state index in [1.807, 2.05) is 0 Å². The van der Waals surface area contributed by atoms with Crippen LogP contribution in [-0.2, 0) is 0 Å². The van der Waals surface area contributed by atoms with Gasteiger partial charge in [0.15, 0.2) is 0 Å². The molecule has 0 bridgehead atoms. The third-order valence-electron chi connectivity index (χ3n) is 0. The van der Waals surface area contributed by atoms with Gasteiger partial charge in [0.25, 0.3) is 0 Å². The molecule has 0 aromatic rings. The summed E-state index contributed by atoms with van der Waals surface area (Å²) in [4.78, 5) is 8.33. The van der Waals surface area contributed by atoms with Gasteiger partial charge in [-0.2, -0.15) is 0 Å². The summed E-state index contributed by atoms with van der Waals surface area (Å²) >= 11 is 0. The molecule has 0 aliphatic heterocycles. The number of rotatable bonds is 0. The molecule has 0 fully saturated rings. The van der Waals surface area contributed by atoms with E-state index in [-0.39, 0.29) is 71.7 Å². The monoisotopic (exact) mass is 243 g/mol. The first-order chi connectivity index (χ1) is 1.73. The maximum atomic E-state index is 8.33. The second kappa shape index (κ2) is 23.8. The number of carbonyl (C=O) groups excluding carboxylic acids is 1. The van der Waals surface area contributed by atoms with Gasteiger partial charge in [0.05, 0.1) is 0 Å². The van der Waals surface area contributed by atoms with Gasteiger partial charge in [-0.1, -0.05) is 0 Å². The van der Waals surface area contributed by atoms with Crippen molar-refractivity contribution in [3.63, 3.8) is 0 Å². The summed E-state index contributed by atoms with van der Waals surface area (Å²) in [5.41, 5.74) is 0. The van der Waals surface area contributed by atoms with Gasteiger partial charge in [-0.15, -0.1) is 0 Å². The van der Waals surface area contributed by atoms with Crippen LogP contribution in [0, 0.1) is 0 Å². The molecule has 0 rings (SSSR count). The third-order valence-corrected chi connectivity index (χ3v) is 0. The van der Waals surface area contributed by atoms with Crippen molar-refractivity contribution in [1.29, 1.82) is 0 Å². The van der Waals surface area contributed by atoms with Gasteiger partial charge in [0.1, 0.15) is 0 Å². The average Bonchev–Trinajstić information content (AvgIpc) is 0.811. The molecular formula is CHAlInMgO4+2. The van der Waals surface area contributed by atoms with Crippen molar-refractivity contribution in [3.05, 3.63) is 0 Å². The average molecular weight is 243 g/mol. The van der Waals surface area contributed by atoms with E-state index in [9.17, 15) is 0 Å². The molecule has 0 aliphatic rings. The van der Waals surface area contributed by atoms with Crippen molar-refractivity contribution in [2.24, 2.45) is 0 Å². The minimum absolute atomic E-state index is 0. The van der Waals surface area contributed by atoms with Gasteiger partial charge < -0.3 is 20.5 Å². The maximum Gasteiger partial charge on any atom is 3.00 e. The first-order valence-corrected chi connectivity index (χ1v) is 0.612. The summed E-state index contributed by atoms with van der Waals surface area (Å²) in [5, 5.41) is 16.7. The normalized spacial score (nSPS) is 3.00. The smallest absolute Gasteiger partial charge is 0.870 e. The Bertz CT molecular complexity index is 39.0. The summed E-state index contributed by atoms with van der Waals surface area (Å²) < 4.78 is 0. The number of hydrogen-bond acceptors (Lipinski definition) is 4. The predicted molar refractivity (Wildman–Crippen MR) is 24.6 cm³/mol. The SMILES string of the molecule is O=C([O-])[O-].[Al].[In+3].[Mg+2].[OH-]. The third kappa shape index (κ3) is 155. The molecule has 0 saturated carbocycles. The Hall–Kier alpha value is 1.40. The first kappa shape index (κ1) is 34.3. The van der Waals surface area contributed by atoms with E-state index in [0.29, 0.717) is 0 Å². The van der Waals surface area contributed by atoms with Crippen LogP contribution >= 0.6 is 0 Å². The quantitative estimate of drug-likeness (QED) is 0.408. The van der Waals surface area contributed by atoms with Gasteiger partial charge in [-0.3, -0.25) is 0 Å². The predicted octanol–water partition coefficient (Wildman–Crippen LogP) is -3.77.